The van der Waals surface area contributed by atoms with Crippen LogP contribution in [0.4, 0.5) is 0 Å². The molecular formula is C16H17N3O4. The Hall–Kier alpha value is -2.67. The molecule has 3 rings (SSSR count). The highest BCUT2D eigenvalue weighted by Gasteiger charge is 2.34. The second-order valence-electron chi connectivity index (χ2n) is 5.34. The number of aromatic nitrogens is 2. The van der Waals surface area contributed by atoms with Crippen LogP contribution in [-0.2, 0) is 9.53 Å². The number of aliphatic carboxylic acids is 1. The average Bonchev–Trinajstić information content (AvgIpc) is 2.97. The molecule has 1 amide bonds. The number of ether oxygens (including phenoxy) is 1. The third kappa shape index (κ3) is 2.95. The summed E-state index contributed by atoms with van der Waals surface area (Å²) in [6, 6.07) is 8.48. The zero-order valence-corrected chi connectivity index (χ0v) is 12.7. The largest absolute Gasteiger partial charge is 0.480 e. The maximum absolute atomic E-state index is 12.7. The number of hydrogen-bond donors (Lipinski definition) is 1. The molecule has 1 fully saturated rings. The molecule has 1 aromatic carbocycles. The standard InChI is InChI=1S/C16H17N3O4/c1-11-13(9-19(17-11)12-5-3-2-4-6-12)15(20)18-7-8-23-10-14(18)16(21)22/h2-6,9,14H,7-8,10H2,1H3,(H,21,22). The molecule has 1 aliphatic heterocycles. The number of hydrogen-bond acceptors (Lipinski definition) is 4. The van der Waals surface area contributed by atoms with E-state index in [0.717, 1.165) is 5.69 Å². The van der Waals surface area contributed by atoms with Crippen molar-refractivity contribution in [2.45, 2.75) is 13.0 Å². The van der Waals surface area contributed by atoms with Gasteiger partial charge in [0, 0.05) is 12.7 Å². The summed E-state index contributed by atoms with van der Waals surface area (Å²) in [6.45, 7) is 2.34. The van der Waals surface area contributed by atoms with Crippen molar-refractivity contribution < 1.29 is 19.4 Å². The summed E-state index contributed by atoms with van der Waals surface area (Å²) in [5.74, 6) is -1.40. The van der Waals surface area contributed by atoms with E-state index < -0.39 is 12.0 Å². The average molecular weight is 315 g/mol. The fraction of sp³-hybridized carbons (Fsp3) is 0.312. The lowest BCUT2D eigenvalue weighted by molar-refractivity contribution is -0.147. The summed E-state index contributed by atoms with van der Waals surface area (Å²) >= 11 is 0. The van der Waals surface area contributed by atoms with E-state index in [-0.39, 0.29) is 19.1 Å². The zero-order chi connectivity index (χ0) is 16.4. The highest BCUT2D eigenvalue weighted by molar-refractivity contribution is 5.97. The van der Waals surface area contributed by atoms with Gasteiger partial charge < -0.3 is 14.7 Å². The molecule has 1 N–H and O–H groups in total. The molecule has 0 aliphatic carbocycles. The lowest BCUT2D eigenvalue weighted by Gasteiger charge is -2.32. The lowest BCUT2D eigenvalue weighted by atomic mass is 10.1. The smallest absolute Gasteiger partial charge is 0.328 e. The van der Waals surface area contributed by atoms with Crippen LogP contribution in [0, 0.1) is 6.92 Å². The molecule has 1 atom stereocenters. The van der Waals surface area contributed by atoms with Crippen LogP contribution in [0.3, 0.4) is 0 Å². The van der Waals surface area contributed by atoms with Gasteiger partial charge in [-0.2, -0.15) is 5.10 Å². The van der Waals surface area contributed by atoms with E-state index in [1.165, 1.54) is 4.90 Å². The van der Waals surface area contributed by atoms with E-state index >= 15 is 0 Å². The van der Waals surface area contributed by atoms with Crippen LogP contribution in [-0.4, -0.2) is 57.5 Å². The second kappa shape index (κ2) is 6.21. The summed E-state index contributed by atoms with van der Waals surface area (Å²) in [5, 5.41) is 13.6. The minimum atomic E-state index is -1.06. The van der Waals surface area contributed by atoms with Crippen molar-refractivity contribution >= 4 is 11.9 Å². The molecule has 1 unspecified atom stereocenters. The van der Waals surface area contributed by atoms with Crippen molar-refractivity contribution in [3.05, 3.63) is 47.8 Å². The number of benzene rings is 1. The molecule has 1 saturated heterocycles. The Kier molecular flexibility index (Phi) is 4.12. The number of carboxylic acid groups (broad SMARTS) is 1. The third-order valence-electron chi connectivity index (χ3n) is 3.82. The van der Waals surface area contributed by atoms with Gasteiger partial charge in [0.15, 0.2) is 6.04 Å². The van der Waals surface area contributed by atoms with Crippen molar-refractivity contribution in [1.82, 2.24) is 14.7 Å². The number of nitrogens with zero attached hydrogens (tertiary/aromatic N) is 3. The van der Waals surface area contributed by atoms with Crippen molar-refractivity contribution in [2.24, 2.45) is 0 Å². The molecule has 1 aromatic heterocycles. The van der Waals surface area contributed by atoms with Crippen LogP contribution < -0.4 is 0 Å². The Morgan fingerprint density at radius 2 is 2.04 bits per heavy atom. The van der Waals surface area contributed by atoms with Gasteiger partial charge in [-0.15, -0.1) is 0 Å². The Morgan fingerprint density at radius 3 is 2.74 bits per heavy atom. The first-order chi connectivity index (χ1) is 11.1. The molecule has 7 nitrogen and oxygen atoms in total. The minimum Gasteiger partial charge on any atom is -0.480 e. The van der Waals surface area contributed by atoms with Gasteiger partial charge in [-0.25, -0.2) is 9.48 Å². The number of rotatable bonds is 3. The van der Waals surface area contributed by atoms with Gasteiger partial charge in [-0.3, -0.25) is 4.79 Å². The molecule has 0 radical (unpaired) electrons. The van der Waals surface area contributed by atoms with E-state index in [2.05, 4.69) is 5.10 Å². The van der Waals surface area contributed by atoms with Gasteiger partial charge in [0.25, 0.3) is 5.91 Å². The SMILES string of the molecule is Cc1nn(-c2ccccc2)cc1C(=O)N1CCOCC1C(=O)O. The van der Waals surface area contributed by atoms with Crippen molar-refractivity contribution in [2.75, 3.05) is 19.8 Å². The first-order valence-corrected chi connectivity index (χ1v) is 7.31. The third-order valence-corrected chi connectivity index (χ3v) is 3.82. The van der Waals surface area contributed by atoms with E-state index in [1.807, 2.05) is 30.3 Å². The Balaban J connectivity index is 1.90. The van der Waals surface area contributed by atoms with E-state index in [1.54, 1.807) is 17.8 Å². The minimum absolute atomic E-state index is 0.00689. The fourth-order valence-corrected chi connectivity index (χ4v) is 2.59. The van der Waals surface area contributed by atoms with Gasteiger partial charge in [-0.05, 0) is 19.1 Å². The number of aryl methyl sites for hydroxylation is 1. The zero-order valence-electron chi connectivity index (χ0n) is 12.7. The Bertz CT molecular complexity index is 726. The van der Waals surface area contributed by atoms with Gasteiger partial charge in [0.1, 0.15) is 0 Å². The van der Waals surface area contributed by atoms with Gasteiger partial charge in [-0.1, -0.05) is 18.2 Å². The highest BCUT2D eigenvalue weighted by Crippen LogP contribution is 2.17. The normalized spacial score (nSPS) is 18.0. The maximum atomic E-state index is 12.7. The summed E-state index contributed by atoms with van der Waals surface area (Å²) in [4.78, 5) is 25.4. The first kappa shape index (κ1) is 15.2. The van der Waals surface area contributed by atoms with Crippen LogP contribution in [0.15, 0.2) is 36.5 Å². The summed E-state index contributed by atoms with van der Waals surface area (Å²) in [7, 11) is 0. The summed E-state index contributed by atoms with van der Waals surface area (Å²) in [5.41, 5.74) is 1.81. The molecular weight excluding hydrogens is 298 g/mol. The molecule has 0 saturated carbocycles. The molecule has 1 aliphatic rings. The topological polar surface area (TPSA) is 84.7 Å². The number of carbonyl (C=O) groups is 2. The van der Waals surface area contributed by atoms with Crippen LogP contribution in [0.5, 0.6) is 0 Å². The molecule has 120 valence electrons. The predicted octanol–water partition coefficient (Wildman–Crippen LogP) is 1.11. The van der Waals surface area contributed by atoms with Crippen LogP contribution in [0.1, 0.15) is 16.1 Å². The monoisotopic (exact) mass is 315 g/mol. The molecule has 0 spiro atoms. The molecule has 2 aromatic rings. The molecule has 7 heteroatoms. The fourth-order valence-electron chi connectivity index (χ4n) is 2.59. The number of amides is 1. The van der Waals surface area contributed by atoms with Gasteiger partial charge in [0.2, 0.25) is 0 Å². The Labute approximate surface area is 133 Å². The van der Waals surface area contributed by atoms with E-state index in [9.17, 15) is 14.7 Å². The highest BCUT2D eigenvalue weighted by atomic mass is 16.5. The quantitative estimate of drug-likeness (QED) is 0.917. The van der Waals surface area contributed by atoms with Gasteiger partial charge in [0.05, 0.1) is 30.2 Å². The van der Waals surface area contributed by atoms with Crippen molar-refractivity contribution in [3.8, 4) is 5.69 Å². The summed E-state index contributed by atoms with van der Waals surface area (Å²) in [6.07, 6.45) is 1.64. The first-order valence-electron chi connectivity index (χ1n) is 7.31. The predicted molar refractivity (Wildman–Crippen MR) is 81.6 cm³/mol. The number of morpholine rings is 1. The van der Waals surface area contributed by atoms with Crippen LogP contribution >= 0.6 is 0 Å². The van der Waals surface area contributed by atoms with Gasteiger partial charge >= 0.3 is 5.97 Å². The molecule has 23 heavy (non-hydrogen) atoms. The Morgan fingerprint density at radius 1 is 1.30 bits per heavy atom. The molecule has 2 heterocycles. The number of carbonyl (C=O) groups excluding carboxylic acids is 1. The van der Waals surface area contributed by atoms with Crippen molar-refractivity contribution in [1.29, 1.82) is 0 Å². The lowest BCUT2D eigenvalue weighted by Crippen LogP contribution is -2.52. The van der Waals surface area contributed by atoms with E-state index in [4.69, 9.17) is 4.74 Å². The molecule has 0 bridgehead atoms. The number of carboxylic acids is 1. The van der Waals surface area contributed by atoms with Crippen molar-refractivity contribution in [3.63, 3.8) is 0 Å². The van der Waals surface area contributed by atoms with Crippen LogP contribution in [0.2, 0.25) is 0 Å². The second-order valence-corrected chi connectivity index (χ2v) is 5.34. The number of para-hydroxylation sites is 1. The van der Waals surface area contributed by atoms with E-state index in [0.29, 0.717) is 17.9 Å². The van der Waals surface area contributed by atoms with Crippen LogP contribution in [0.25, 0.3) is 5.69 Å². The maximum Gasteiger partial charge on any atom is 0.328 e. The summed E-state index contributed by atoms with van der Waals surface area (Å²) < 4.78 is 6.79.